The van der Waals surface area contributed by atoms with Crippen LogP contribution in [-0.4, -0.2) is 108 Å². The van der Waals surface area contributed by atoms with E-state index in [0.29, 0.717) is 19.0 Å². The number of aliphatic hydroxyl groups is 3. The van der Waals surface area contributed by atoms with Gasteiger partial charge >= 0.3 is 216 Å². The Morgan fingerprint density at radius 2 is 1.79 bits per heavy atom. The SMILES string of the molecule is [B]=C1C(C(N)=O)=C(O)[C@@H](N(C)C)[C@@H]2C[C@@H]3Cc4c(c(O)cc(CN(C)C5CC5)c4N(C)C)C(O)=C3C(=O)[C@]12O. The summed E-state index contributed by atoms with van der Waals surface area (Å²) in [5, 5.41) is 45.6. The number of primary amides is 1. The van der Waals surface area contributed by atoms with Crippen molar-refractivity contribution in [1.82, 2.24) is 9.80 Å². The summed E-state index contributed by atoms with van der Waals surface area (Å²) in [6.45, 7) is 0.616. The van der Waals surface area contributed by atoms with Gasteiger partial charge in [-0.1, -0.05) is 0 Å². The number of hydrogen-bond acceptors (Lipinski definition) is 9. The van der Waals surface area contributed by atoms with E-state index in [9.17, 15) is 30.0 Å². The first-order valence-corrected chi connectivity index (χ1v) is 13.2. The van der Waals surface area contributed by atoms with Gasteiger partial charge in [-0.25, -0.2) is 0 Å². The van der Waals surface area contributed by atoms with Gasteiger partial charge in [0.25, 0.3) is 0 Å². The van der Waals surface area contributed by atoms with Gasteiger partial charge in [0.2, 0.25) is 0 Å². The number of Topliss-reactive ketones (excluding diaryl/α,β-unsaturated/α-hetero) is 1. The zero-order valence-corrected chi connectivity index (χ0v) is 23.0. The van der Waals surface area contributed by atoms with Crippen LogP contribution < -0.4 is 10.6 Å². The van der Waals surface area contributed by atoms with E-state index >= 15 is 0 Å². The van der Waals surface area contributed by atoms with Gasteiger partial charge in [0.1, 0.15) is 0 Å². The molecule has 2 saturated carbocycles. The van der Waals surface area contributed by atoms with Crippen LogP contribution in [0.4, 0.5) is 5.69 Å². The van der Waals surface area contributed by atoms with E-state index in [-0.39, 0.29) is 23.3 Å². The van der Waals surface area contributed by atoms with Crippen LogP contribution in [-0.2, 0) is 22.6 Å². The Hall–Kier alpha value is -3.15. The molecule has 1 amide bonds. The summed E-state index contributed by atoms with van der Waals surface area (Å²) in [7, 11) is 15.4. The van der Waals surface area contributed by atoms with E-state index in [1.165, 1.54) is 0 Å². The zero-order valence-electron chi connectivity index (χ0n) is 23.0. The van der Waals surface area contributed by atoms with E-state index in [1.807, 2.05) is 19.0 Å². The van der Waals surface area contributed by atoms with E-state index < -0.39 is 57.7 Å². The maximum atomic E-state index is 14.1. The minimum absolute atomic E-state index is 0.0465. The third-order valence-electron chi connectivity index (χ3n) is 8.91. The number of nitrogens with zero attached hydrogens (tertiary/aromatic N) is 3. The van der Waals surface area contributed by atoms with Gasteiger partial charge in [-0.05, 0) is 12.8 Å². The second-order valence-corrected chi connectivity index (χ2v) is 11.8. The molecule has 39 heavy (non-hydrogen) atoms. The predicted molar refractivity (Wildman–Crippen MR) is 149 cm³/mol. The zero-order chi connectivity index (χ0) is 28.7. The van der Waals surface area contributed by atoms with Gasteiger partial charge in [-0.3, -0.25) is 0 Å². The molecule has 5 rings (SSSR count). The van der Waals surface area contributed by atoms with Crippen molar-refractivity contribution in [2.24, 2.45) is 17.6 Å². The number of nitrogens with two attached hydrogens (primary N) is 1. The third kappa shape index (κ3) is 3.93. The Morgan fingerprint density at radius 1 is 1.15 bits per heavy atom. The molecule has 4 atom stereocenters. The number of carbonyl (C=O) groups excluding carboxylic acids is 2. The molecule has 0 unspecified atom stereocenters. The molecule has 11 heteroatoms. The molecular weight excluding hydrogens is 499 g/mol. The number of rotatable bonds is 6. The van der Waals surface area contributed by atoms with Crippen molar-refractivity contribution >= 4 is 36.1 Å². The molecule has 0 heterocycles. The normalized spacial score (nSPS) is 28.5. The van der Waals surface area contributed by atoms with Crippen LogP contribution in [0.5, 0.6) is 5.75 Å². The van der Waals surface area contributed by atoms with E-state index in [4.69, 9.17) is 13.2 Å². The average molecular weight is 535 g/mol. The first-order valence-electron chi connectivity index (χ1n) is 13.2. The van der Waals surface area contributed by atoms with Crippen LogP contribution in [0.3, 0.4) is 0 Å². The van der Waals surface area contributed by atoms with Crippen molar-refractivity contribution in [2.75, 3.05) is 40.1 Å². The quantitative estimate of drug-likeness (QED) is 0.326. The molecule has 6 N–H and O–H groups in total. The molecule has 1 aromatic rings. The summed E-state index contributed by atoms with van der Waals surface area (Å²) in [5.41, 5.74) is 4.71. The number of likely N-dealkylation sites (N-methyl/N-ethyl adjacent to an activating group) is 1. The van der Waals surface area contributed by atoms with Crippen LogP contribution >= 0.6 is 0 Å². The molecule has 0 aromatic heterocycles. The van der Waals surface area contributed by atoms with Crippen LogP contribution in [0.1, 0.15) is 36.0 Å². The number of ketones is 1. The van der Waals surface area contributed by atoms with Gasteiger partial charge < -0.3 is 0 Å². The predicted octanol–water partition coefficient (Wildman–Crippen LogP) is 0.396. The number of carbonyl (C=O) groups is 2. The number of phenols is 1. The fourth-order valence-corrected chi connectivity index (χ4v) is 7.06. The molecule has 4 aliphatic rings. The summed E-state index contributed by atoms with van der Waals surface area (Å²) < 4.78 is 0. The number of anilines is 1. The fourth-order valence-electron chi connectivity index (χ4n) is 7.06. The molecular formula is C28H36BN4O6. The van der Waals surface area contributed by atoms with E-state index in [2.05, 4.69) is 11.9 Å². The molecule has 1 aromatic carbocycles. The summed E-state index contributed by atoms with van der Waals surface area (Å²) in [4.78, 5) is 32.1. The second-order valence-electron chi connectivity index (χ2n) is 11.8. The Kier molecular flexibility index (Phi) is 6.48. The van der Waals surface area contributed by atoms with Crippen LogP contribution in [0.25, 0.3) is 5.76 Å². The van der Waals surface area contributed by atoms with Crippen molar-refractivity contribution < 1.29 is 30.0 Å². The summed E-state index contributed by atoms with van der Waals surface area (Å²) in [5.74, 6) is -4.31. The summed E-state index contributed by atoms with van der Waals surface area (Å²) >= 11 is 0. The Balaban J connectivity index is 1.68. The molecule has 0 saturated heterocycles. The molecule has 0 aliphatic heterocycles. The molecule has 10 nitrogen and oxygen atoms in total. The molecule has 0 spiro atoms. The summed E-state index contributed by atoms with van der Waals surface area (Å²) in [6, 6.07) is 1.22. The number of amides is 1. The molecule has 2 fully saturated rings. The van der Waals surface area contributed by atoms with Gasteiger partial charge in [0.05, 0.1) is 0 Å². The van der Waals surface area contributed by atoms with Crippen molar-refractivity contribution in [3.05, 3.63) is 39.7 Å². The van der Waals surface area contributed by atoms with Crippen molar-refractivity contribution in [2.45, 2.75) is 49.9 Å². The van der Waals surface area contributed by atoms with Crippen molar-refractivity contribution in [3.8, 4) is 5.75 Å². The summed E-state index contributed by atoms with van der Waals surface area (Å²) in [6.07, 6.45) is 2.78. The molecule has 1 radical (unpaired) electrons. The van der Waals surface area contributed by atoms with Crippen LogP contribution in [0.15, 0.2) is 23.0 Å². The van der Waals surface area contributed by atoms with Crippen molar-refractivity contribution in [1.29, 1.82) is 0 Å². The number of hydrogen-bond donors (Lipinski definition) is 5. The number of fused-ring (bicyclic) bond motifs is 3. The number of aromatic hydroxyl groups is 1. The van der Waals surface area contributed by atoms with Gasteiger partial charge in [-0.2, -0.15) is 0 Å². The van der Waals surface area contributed by atoms with Crippen LogP contribution in [0.2, 0.25) is 0 Å². The van der Waals surface area contributed by atoms with E-state index in [1.54, 1.807) is 25.1 Å². The monoisotopic (exact) mass is 535 g/mol. The van der Waals surface area contributed by atoms with Gasteiger partial charge in [0, 0.05) is 0 Å². The Labute approximate surface area is 229 Å². The van der Waals surface area contributed by atoms with E-state index in [0.717, 1.165) is 29.7 Å². The molecule has 4 aliphatic carbocycles. The topological polar surface area (TPSA) is 151 Å². The number of aliphatic hydroxyl groups excluding tert-OH is 2. The number of phenolic OH excluding ortho intramolecular Hbond substituents is 1. The molecule has 0 bridgehead atoms. The van der Waals surface area contributed by atoms with Gasteiger partial charge in [-0.15, -0.1) is 0 Å². The number of benzene rings is 1. The van der Waals surface area contributed by atoms with Crippen LogP contribution in [0, 0.1) is 11.8 Å². The second kappa shape index (κ2) is 9.21. The maximum absolute atomic E-state index is 14.1. The van der Waals surface area contributed by atoms with Gasteiger partial charge in [0.15, 0.2) is 0 Å². The minimum atomic E-state index is -2.38. The fraction of sp³-hybridized carbons (Fsp3) is 0.536. The Morgan fingerprint density at radius 3 is 2.33 bits per heavy atom. The average Bonchev–Trinajstić information content (AvgIpc) is 3.66. The standard InChI is InChI=1S/C28H36BN4O6/c1-31(2)21-13(11-33(5)14-6-7-14)10-17(34)19-15(21)8-12-9-16-22(32(3)4)24(36)20(27(30)38)25(29)28(16,39)26(37)18(12)23(19)35/h10,12,14,16,22,34-36,39H,6-9,11H2,1-5H3,(H2,30,38)/t12-,16-,22-,28+/m0/s1. The van der Waals surface area contributed by atoms with Crippen molar-refractivity contribution in [3.63, 3.8) is 0 Å². The first kappa shape index (κ1) is 27.4. The third-order valence-corrected chi connectivity index (χ3v) is 8.91. The molecule has 207 valence electrons. The first-order chi connectivity index (χ1) is 18.2. The Bertz CT molecular complexity index is 1360.